The van der Waals surface area contributed by atoms with Crippen molar-refractivity contribution < 1.29 is 19.5 Å². The molecule has 0 saturated carbocycles. The monoisotopic (exact) mass is 348 g/mol. The maximum atomic E-state index is 12.3. The van der Waals surface area contributed by atoms with Crippen molar-refractivity contribution in [3.63, 3.8) is 0 Å². The van der Waals surface area contributed by atoms with Gasteiger partial charge in [0.15, 0.2) is 0 Å². The molecule has 2 aliphatic heterocycles. The molecule has 0 aromatic heterocycles. The summed E-state index contributed by atoms with van der Waals surface area (Å²) in [5, 5.41) is 12.2. The molecule has 2 aliphatic rings. The molecule has 7 heteroatoms. The average Bonchev–Trinajstić information content (AvgIpc) is 3.17. The maximum absolute atomic E-state index is 12.3. The number of rotatable bonds is 5. The summed E-state index contributed by atoms with van der Waals surface area (Å²) in [4.78, 5) is 37.4. The molecule has 0 radical (unpaired) electrons. The molecule has 0 spiro atoms. The van der Waals surface area contributed by atoms with Gasteiger partial charge in [-0.2, -0.15) is 11.8 Å². The van der Waals surface area contributed by atoms with Gasteiger partial charge >= 0.3 is 5.97 Å². The minimum absolute atomic E-state index is 0.0256. The minimum Gasteiger partial charge on any atom is -0.481 e. The van der Waals surface area contributed by atoms with Crippen LogP contribution in [0.15, 0.2) is 24.3 Å². The number of amides is 2. The number of nitrogens with one attached hydrogen (secondary N) is 1. The highest BCUT2D eigenvalue weighted by molar-refractivity contribution is 7.99. The molecule has 2 fully saturated rings. The molecule has 0 unspecified atom stereocenters. The standard InChI is InChI=1S/C17H20N2O4S/c20-14(10-17(16(22)23)6-8-24-11-17)18-12-3-1-4-13(9-12)19-7-2-5-15(19)21/h1,3-4,9H,2,5-8,10-11H2,(H,18,20)(H,22,23)/t17-/m0/s1. The van der Waals surface area contributed by atoms with Crippen LogP contribution in [0.25, 0.3) is 0 Å². The second-order valence-corrected chi connectivity index (χ2v) is 7.42. The van der Waals surface area contributed by atoms with Crippen molar-refractivity contribution in [3.05, 3.63) is 24.3 Å². The van der Waals surface area contributed by atoms with E-state index in [1.165, 1.54) is 0 Å². The van der Waals surface area contributed by atoms with Crippen molar-refractivity contribution >= 4 is 40.9 Å². The molecule has 3 rings (SSSR count). The molecule has 0 bridgehead atoms. The van der Waals surface area contributed by atoms with Crippen LogP contribution in [0, 0.1) is 5.41 Å². The quantitative estimate of drug-likeness (QED) is 0.853. The van der Waals surface area contributed by atoms with Gasteiger partial charge in [-0.05, 0) is 36.8 Å². The lowest BCUT2D eigenvalue weighted by molar-refractivity contribution is -0.149. The first-order valence-electron chi connectivity index (χ1n) is 8.02. The van der Waals surface area contributed by atoms with Crippen molar-refractivity contribution in [2.24, 2.45) is 5.41 Å². The maximum Gasteiger partial charge on any atom is 0.311 e. The predicted octanol–water partition coefficient (Wildman–Crippen LogP) is 2.35. The van der Waals surface area contributed by atoms with Crippen LogP contribution < -0.4 is 10.2 Å². The van der Waals surface area contributed by atoms with E-state index < -0.39 is 11.4 Å². The lowest BCUT2D eigenvalue weighted by Crippen LogP contribution is -2.35. The fourth-order valence-corrected chi connectivity index (χ4v) is 4.62. The molecule has 128 valence electrons. The summed E-state index contributed by atoms with van der Waals surface area (Å²) in [6, 6.07) is 7.14. The van der Waals surface area contributed by atoms with Crippen LogP contribution in [0.1, 0.15) is 25.7 Å². The lowest BCUT2D eigenvalue weighted by Gasteiger charge is -2.22. The number of hydrogen-bond donors (Lipinski definition) is 2. The number of aliphatic carboxylic acids is 1. The first-order valence-corrected chi connectivity index (χ1v) is 9.17. The van der Waals surface area contributed by atoms with Gasteiger partial charge < -0.3 is 15.3 Å². The number of anilines is 2. The fraction of sp³-hybridized carbons (Fsp3) is 0.471. The number of hydrogen-bond acceptors (Lipinski definition) is 4. The van der Waals surface area contributed by atoms with E-state index in [4.69, 9.17) is 0 Å². The van der Waals surface area contributed by atoms with Gasteiger partial charge in [-0.15, -0.1) is 0 Å². The zero-order valence-electron chi connectivity index (χ0n) is 13.3. The highest BCUT2D eigenvalue weighted by Crippen LogP contribution is 2.39. The van der Waals surface area contributed by atoms with Gasteiger partial charge in [-0.25, -0.2) is 0 Å². The van der Waals surface area contributed by atoms with Gasteiger partial charge in [0.2, 0.25) is 11.8 Å². The van der Waals surface area contributed by atoms with Crippen LogP contribution >= 0.6 is 11.8 Å². The fourth-order valence-electron chi connectivity index (χ4n) is 3.18. The Morgan fingerprint density at radius 1 is 1.38 bits per heavy atom. The van der Waals surface area contributed by atoms with E-state index in [1.54, 1.807) is 34.9 Å². The first kappa shape index (κ1) is 16.8. The van der Waals surface area contributed by atoms with Crippen molar-refractivity contribution in [3.8, 4) is 0 Å². The van der Waals surface area contributed by atoms with Crippen LogP contribution in [0.3, 0.4) is 0 Å². The van der Waals surface area contributed by atoms with E-state index in [-0.39, 0.29) is 18.2 Å². The second-order valence-electron chi connectivity index (χ2n) is 6.31. The third-order valence-corrected chi connectivity index (χ3v) is 5.82. The molecule has 1 aromatic rings. The summed E-state index contributed by atoms with van der Waals surface area (Å²) in [6.45, 7) is 0.690. The predicted molar refractivity (Wildman–Crippen MR) is 93.3 cm³/mol. The number of carboxylic acid groups (broad SMARTS) is 1. The van der Waals surface area contributed by atoms with Crippen molar-refractivity contribution in [1.82, 2.24) is 0 Å². The molecule has 24 heavy (non-hydrogen) atoms. The van der Waals surface area contributed by atoms with Gasteiger partial charge in [0.1, 0.15) is 0 Å². The Balaban J connectivity index is 1.68. The highest BCUT2D eigenvalue weighted by atomic mass is 32.2. The van der Waals surface area contributed by atoms with Gasteiger partial charge in [-0.3, -0.25) is 14.4 Å². The van der Waals surface area contributed by atoms with E-state index in [0.29, 0.717) is 30.8 Å². The molecule has 1 aromatic carbocycles. The van der Waals surface area contributed by atoms with E-state index in [1.807, 2.05) is 6.07 Å². The molecule has 0 aliphatic carbocycles. The molecule has 2 heterocycles. The number of carbonyl (C=O) groups is 3. The van der Waals surface area contributed by atoms with E-state index in [2.05, 4.69) is 5.32 Å². The summed E-state index contributed by atoms with van der Waals surface area (Å²) in [6.07, 6.45) is 1.88. The van der Waals surface area contributed by atoms with Crippen LogP contribution in [-0.2, 0) is 14.4 Å². The number of carboxylic acids is 1. The summed E-state index contributed by atoms with van der Waals surface area (Å²) < 4.78 is 0. The van der Waals surface area contributed by atoms with Crippen molar-refractivity contribution in [1.29, 1.82) is 0 Å². The zero-order valence-corrected chi connectivity index (χ0v) is 14.1. The van der Waals surface area contributed by atoms with Crippen molar-refractivity contribution in [2.45, 2.75) is 25.7 Å². The van der Waals surface area contributed by atoms with Gasteiger partial charge in [0.25, 0.3) is 0 Å². The van der Waals surface area contributed by atoms with Crippen LogP contribution in [0.5, 0.6) is 0 Å². The SMILES string of the molecule is O=C(C[C@@]1(C(=O)O)CCSC1)Nc1cccc(N2CCCC2=O)c1. The molecule has 2 amide bonds. The Morgan fingerprint density at radius 2 is 2.21 bits per heavy atom. The smallest absolute Gasteiger partial charge is 0.311 e. The molecular formula is C17H20N2O4S. The molecule has 1 atom stereocenters. The topological polar surface area (TPSA) is 86.7 Å². The number of nitrogens with zero attached hydrogens (tertiary/aromatic N) is 1. The number of thioether (sulfide) groups is 1. The van der Waals surface area contributed by atoms with Crippen LogP contribution in [0.4, 0.5) is 11.4 Å². The van der Waals surface area contributed by atoms with Gasteiger partial charge in [-0.1, -0.05) is 6.07 Å². The third-order valence-electron chi connectivity index (χ3n) is 4.57. The normalized spacial score (nSPS) is 23.5. The Bertz CT molecular complexity index is 670. The van der Waals surface area contributed by atoms with E-state index >= 15 is 0 Å². The van der Waals surface area contributed by atoms with Crippen LogP contribution in [-0.4, -0.2) is 40.9 Å². The first-order chi connectivity index (χ1) is 11.5. The Labute approximate surface area is 144 Å². The summed E-state index contributed by atoms with van der Waals surface area (Å²) in [5.74, 6) is 0.125. The van der Waals surface area contributed by atoms with Crippen LogP contribution in [0.2, 0.25) is 0 Å². The van der Waals surface area contributed by atoms with E-state index in [9.17, 15) is 19.5 Å². The van der Waals surface area contributed by atoms with E-state index in [0.717, 1.165) is 17.9 Å². The summed E-state index contributed by atoms with van der Waals surface area (Å²) in [5.41, 5.74) is 0.389. The summed E-state index contributed by atoms with van der Waals surface area (Å²) >= 11 is 1.57. The lowest BCUT2D eigenvalue weighted by atomic mass is 9.84. The second kappa shape index (κ2) is 6.84. The highest BCUT2D eigenvalue weighted by Gasteiger charge is 2.43. The number of carbonyl (C=O) groups excluding carboxylic acids is 2. The summed E-state index contributed by atoms with van der Waals surface area (Å²) in [7, 11) is 0. The third kappa shape index (κ3) is 3.40. The largest absolute Gasteiger partial charge is 0.481 e. The minimum atomic E-state index is -0.961. The molecule has 6 nitrogen and oxygen atoms in total. The Morgan fingerprint density at radius 3 is 2.83 bits per heavy atom. The van der Waals surface area contributed by atoms with Gasteiger partial charge in [0.05, 0.1) is 5.41 Å². The van der Waals surface area contributed by atoms with Crippen molar-refractivity contribution in [2.75, 3.05) is 28.3 Å². The molecule has 2 saturated heterocycles. The zero-order chi connectivity index (χ0) is 17.2. The Kier molecular flexibility index (Phi) is 4.80. The molecule has 2 N–H and O–H groups in total. The number of benzene rings is 1. The average molecular weight is 348 g/mol. The van der Waals surface area contributed by atoms with Gasteiger partial charge in [0, 0.05) is 36.5 Å². The molecular weight excluding hydrogens is 328 g/mol. The Hall–Kier alpha value is -2.02.